The van der Waals surface area contributed by atoms with E-state index in [0.717, 1.165) is 5.56 Å². The zero-order chi connectivity index (χ0) is 15.5. The van der Waals surface area contributed by atoms with E-state index in [0.29, 0.717) is 11.6 Å². The maximum atomic E-state index is 12.4. The van der Waals surface area contributed by atoms with Gasteiger partial charge in [0.05, 0.1) is 6.54 Å². The predicted octanol–water partition coefficient (Wildman–Crippen LogP) is 4.21. The van der Waals surface area contributed by atoms with Crippen LogP contribution in [0.1, 0.15) is 26.3 Å². The van der Waals surface area contributed by atoms with Crippen LogP contribution < -0.4 is 5.01 Å². The lowest BCUT2D eigenvalue weighted by Gasteiger charge is -2.28. The average Bonchev–Trinajstić information content (AvgIpc) is 2.89. The van der Waals surface area contributed by atoms with Gasteiger partial charge in [0, 0.05) is 17.4 Å². The minimum atomic E-state index is -0.553. The molecule has 0 bridgehead atoms. The molecule has 1 heterocycles. The van der Waals surface area contributed by atoms with E-state index < -0.39 is 11.7 Å². The third-order valence-corrected chi connectivity index (χ3v) is 3.12. The number of nitrogens with zero attached hydrogens (tertiary/aromatic N) is 2. The molecular formula is C16H19ClN2O2. The van der Waals surface area contributed by atoms with E-state index in [1.54, 1.807) is 23.1 Å². The predicted molar refractivity (Wildman–Crippen MR) is 84.0 cm³/mol. The number of hydrogen-bond acceptors (Lipinski definition) is 2. The summed E-state index contributed by atoms with van der Waals surface area (Å²) in [7, 11) is 0. The fraction of sp³-hybridized carbons (Fsp3) is 0.312. The van der Waals surface area contributed by atoms with E-state index in [2.05, 4.69) is 0 Å². The Hall–Kier alpha value is -1.94. The summed E-state index contributed by atoms with van der Waals surface area (Å²) < 4.78 is 7.15. The lowest BCUT2D eigenvalue weighted by atomic mass is 10.2. The fourth-order valence-corrected chi connectivity index (χ4v) is 2.02. The van der Waals surface area contributed by atoms with Crippen LogP contribution in [0.5, 0.6) is 0 Å². The van der Waals surface area contributed by atoms with E-state index in [1.807, 2.05) is 51.1 Å². The average molecular weight is 307 g/mol. The number of amides is 1. The summed E-state index contributed by atoms with van der Waals surface area (Å²) in [5.74, 6) is 0. The van der Waals surface area contributed by atoms with Gasteiger partial charge in [-0.3, -0.25) is 4.68 Å². The Bertz CT molecular complexity index is 603. The van der Waals surface area contributed by atoms with Gasteiger partial charge >= 0.3 is 6.09 Å². The highest BCUT2D eigenvalue weighted by molar-refractivity contribution is 6.31. The van der Waals surface area contributed by atoms with Crippen molar-refractivity contribution in [2.75, 3.05) is 5.01 Å². The third-order valence-electron chi connectivity index (χ3n) is 2.75. The molecule has 0 unspecified atom stereocenters. The molecule has 2 aromatic rings. The lowest BCUT2D eigenvalue weighted by molar-refractivity contribution is 0.0534. The monoisotopic (exact) mass is 306 g/mol. The highest BCUT2D eigenvalue weighted by atomic mass is 35.5. The second-order valence-corrected chi connectivity index (χ2v) is 6.10. The highest BCUT2D eigenvalue weighted by Gasteiger charge is 2.23. The molecule has 1 aromatic carbocycles. The van der Waals surface area contributed by atoms with Gasteiger partial charge in [0.1, 0.15) is 5.60 Å². The zero-order valence-corrected chi connectivity index (χ0v) is 13.2. The molecule has 5 heteroatoms. The largest absolute Gasteiger partial charge is 0.442 e. The Morgan fingerprint density at radius 1 is 1.19 bits per heavy atom. The van der Waals surface area contributed by atoms with Gasteiger partial charge in [0.2, 0.25) is 0 Å². The SMILES string of the molecule is CC(C)(C)OC(=O)N(Cc1ccccc1Cl)n1cccc1. The fourth-order valence-electron chi connectivity index (χ4n) is 1.83. The van der Waals surface area contributed by atoms with Crippen LogP contribution in [-0.2, 0) is 11.3 Å². The number of benzene rings is 1. The minimum Gasteiger partial charge on any atom is -0.442 e. The summed E-state index contributed by atoms with van der Waals surface area (Å²) in [5.41, 5.74) is 0.307. The molecule has 0 N–H and O–H groups in total. The van der Waals surface area contributed by atoms with Gasteiger partial charge < -0.3 is 4.74 Å². The molecule has 0 fully saturated rings. The van der Waals surface area contributed by atoms with Crippen molar-refractivity contribution in [3.05, 3.63) is 59.4 Å². The number of halogens is 1. The van der Waals surface area contributed by atoms with Crippen LogP contribution in [0.25, 0.3) is 0 Å². The van der Waals surface area contributed by atoms with Gasteiger partial charge in [0.15, 0.2) is 0 Å². The number of hydrogen-bond donors (Lipinski definition) is 0. The Labute approximate surface area is 129 Å². The van der Waals surface area contributed by atoms with Crippen LogP contribution in [0.2, 0.25) is 5.02 Å². The van der Waals surface area contributed by atoms with Crippen LogP contribution in [0.15, 0.2) is 48.8 Å². The molecule has 0 spiro atoms. The molecule has 0 aliphatic heterocycles. The van der Waals surface area contributed by atoms with E-state index in [1.165, 1.54) is 5.01 Å². The first kappa shape index (κ1) is 15.4. The summed E-state index contributed by atoms with van der Waals surface area (Å²) in [6.45, 7) is 5.86. The lowest BCUT2D eigenvalue weighted by Crippen LogP contribution is -2.42. The summed E-state index contributed by atoms with van der Waals surface area (Å²) in [4.78, 5) is 12.4. The first-order valence-corrected chi connectivity index (χ1v) is 7.12. The molecule has 21 heavy (non-hydrogen) atoms. The standard InChI is InChI=1S/C16H19ClN2O2/c1-16(2,3)21-15(20)19(18-10-6-7-11-18)12-13-8-4-5-9-14(13)17/h4-11H,12H2,1-3H3. The van der Waals surface area contributed by atoms with Crippen LogP contribution in [0.4, 0.5) is 4.79 Å². The van der Waals surface area contributed by atoms with Crippen molar-refractivity contribution in [2.45, 2.75) is 32.9 Å². The van der Waals surface area contributed by atoms with Gasteiger partial charge in [-0.05, 0) is 44.5 Å². The van der Waals surface area contributed by atoms with E-state index >= 15 is 0 Å². The Morgan fingerprint density at radius 2 is 1.81 bits per heavy atom. The van der Waals surface area contributed by atoms with E-state index in [-0.39, 0.29) is 0 Å². The van der Waals surface area contributed by atoms with Gasteiger partial charge in [0.25, 0.3) is 0 Å². The van der Waals surface area contributed by atoms with Gasteiger partial charge in [-0.2, -0.15) is 0 Å². The molecule has 0 saturated carbocycles. The topological polar surface area (TPSA) is 34.5 Å². The number of rotatable bonds is 3. The van der Waals surface area contributed by atoms with Crippen LogP contribution in [0.3, 0.4) is 0 Å². The molecule has 0 radical (unpaired) electrons. The maximum Gasteiger partial charge on any atom is 0.429 e. The molecule has 0 atom stereocenters. The van der Waals surface area contributed by atoms with Crippen molar-refractivity contribution >= 4 is 17.7 Å². The third kappa shape index (κ3) is 4.26. The quantitative estimate of drug-likeness (QED) is 0.851. The first-order valence-electron chi connectivity index (χ1n) is 6.74. The van der Waals surface area contributed by atoms with Crippen molar-refractivity contribution in [3.8, 4) is 0 Å². The van der Waals surface area contributed by atoms with Crippen molar-refractivity contribution in [2.24, 2.45) is 0 Å². The molecule has 1 aromatic heterocycles. The van der Waals surface area contributed by atoms with Crippen LogP contribution >= 0.6 is 11.6 Å². The van der Waals surface area contributed by atoms with E-state index in [9.17, 15) is 4.79 Å². The molecule has 1 amide bonds. The summed E-state index contributed by atoms with van der Waals surface area (Å²) in [5, 5.41) is 2.13. The molecule has 4 nitrogen and oxygen atoms in total. The van der Waals surface area contributed by atoms with Gasteiger partial charge in [-0.15, -0.1) is 0 Å². The molecule has 0 aliphatic rings. The normalized spacial score (nSPS) is 11.2. The Kier molecular flexibility index (Phi) is 4.58. The highest BCUT2D eigenvalue weighted by Crippen LogP contribution is 2.18. The van der Waals surface area contributed by atoms with Crippen LogP contribution in [0, 0.1) is 0 Å². The number of aromatic nitrogens is 1. The molecule has 112 valence electrons. The number of carbonyl (C=O) groups is 1. The summed E-state index contributed by atoms with van der Waals surface area (Å²) in [6.07, 6.45) is 3.17. The molecule has 2 rings (SSSR count). The minimum absolute atomic E-state index is 0.337. The molecule has 0 saturated heterocycles. The van der Waals surface area contributed by atoms with E-state index in [4.69, 9.17) is 16.3 Å². The van der Waals surface area contributed by atoms with Crippen molar-refractivity contribution in [1.82, 2.24) is 4.68 Å². The molecule has 0 aliphatic carbocycles. The Balaban J connectivity index is 2.25. The van der Waals surface area contributed by atoms with Gasteiger partial charge in [-0.25, -0.2) is 9.80 Å². The second-order valence-electron chi connectivity index (χ2n) is 5.69. The van der Waals surface area contributed by atoms with Crippen molar-refractivity contribution < 1.29 is 9.53 Å². The summed E-state index contributed by atoms with van der Waals surface area (Å²) >= 11 is 6.18. The summed E-state index contributed by atoms with van der Waals surface area (Å²) in [6, 6.07) is 11.2. The Morgan fingerprint density at radius 3 is 2.38 bits per heavy atom. The first-order chi connectivity index (χ1) is 9.87. The number of carbonyl (C=O) groups excluding carboxylic acids is 1. The van der Waals surface area contributed by atoms with Crippen molar-refractivity contribution in [1.29, 1.82) is 0 Å². The van der Waals surface area contributed by atoms with Crippen LogP contribution in [-0.4, -0.2) is 16.4 Å². The molecular weight excluding hydrogens is 288 g/mol. The van der Waals surface area contributed by atoms with Crippen molar-refractivity contribution in [3.63, 3.8) is 0 Å². The maximum absolute atomic E-state index is 12.4. The smallest absolute Gasteiger partial charge is 0.429 e. The number of ether oxygens (including phenoxy) is 1. The second kappa shape index (κ2) is 6.22. The van der Waals surface area contributed by atoms with Gasteiger partial charge in [-0.1, -0.05) is 29.8 Å². The zero-order valence-electron chi connectivity index (χ0n) is 12.4.